The SMILES string of the molecule is CC(C)S(=O)(=O)c1cccc(N2CCN(c3ccnc4ccc(-c5cn[nH]c5)cc34)CC2)c1. The van der Waals surface area contributed by atoms with Crippen molar-refractivity contribution in [1.82, 2.24) is 15.2 Å². The number of aromatic amines is 1. The van der Waals surface area contributed by atoms with Crippen molar-refractivity contribution in [2.24, 2.45) is 0 Å². The Bertz CT molecular complexity index is 1380. The van der Waals surface area contributed by atoms with E-state index < -0.39 is 15.1 Å². The van der Waals surface area contributed by atoms with E-state index in [0.717, 1.165) is 53.9 Å². The van der Waals surface area contributed by atoms with Gasteiger partial charge in [0.2, 0.25) is 0 Å². The van der Waals surface area contributed by atoms with Crippen molar-refractivity contribution in [3.63, 3.8) is 0 Å². The molecular weight excluding hydrogens is 434 g/mol. The number of sulfone groups is 1. The van der Waals surface area contributed by atoms with Crippen LogP contribution in [0, 0.1) is 0 Å². The van der Waals surface area contributed by atoms with Crippen LogP contribution in [0.1, 0.15) is 13.8 Å². The van der Waals surface area contributed by atoms with Crippen molar-refractivity contribution in [3.05, 3.63) is 67.1 Å². The third kappa shape index (κ3) is 4.06. The van der Waals surface area contributed by atoms with Gasteiger partial charge in [-0.2, -0.15) is 5.10 Å². The first-order valence-corrected chi connectivity index (χ1v) is 12.7. The molecule has 170 valence electrons. The first-order valence-electron chi connectivity index (χ1n) is 11.2. The topological polar surface area (TPSA) is 82.2 Å². The van der Waals surface area contributed by atoms with Crippen LogP contribution >= 0.6 is 0 Å². The standard InChI is InChI=1S/C25H27N5O2S/c1-18(2)33(31,32)22-5-3-4-21(15-22)29-10-12-30(13-11-29)25-8-9-26-24-7-6-19(14-23(24)25)20-16-27-28-17-20/h3-9,14-18H,10-13H2,1-2H3,(H,27,28). The second-order valence-corrected chi connectivity index (χ2v) is 11.1. The minimum atomic E-state index is -3.29. The van der Waals surface area contributed by atoms with Crippen molar-refractivity contribution in [2.45, 2.75) is 24.0 Å². The average Bonchev–Trinajstić information content (AvgIpc) is 3.38. The summed E-state index contributed by atoms with van der Waals surface area (Å²) in [6.45, 7) is 6.76. The maximum atomic E-state index is 12.6. The van der Waals surface area contributed by atoms with E-state index in [1.54, 1.807) is 19.9 Å². The van der Waals surface area contributed by atoms with Gasteiger partial charge in [-0.1, -0.05) is 12.1 Å². The Morgan fingerprint density at radius 3 is 2.45 bits per heavy atom. The van der Waals surface area contributed by atoms with Crippen LogP contribution in [-0.2, 0) is 9.84 Å². The molecule has 2 aromatic carbocycles. The number of H-pyrrole nitrogens is 1. The Hall–Kier alpha value is -3.39. The monoisotopic (exact) mass is 461 g/mol. The summed E-state index contributed by atoms with van der Waals surface area (Å²) in [6, 6.07) is 15.7. The quantitative estimate of drug-likeness (QED) is 0.481. The minimum absolute atomic E-state index is 0.393. The fourth-order valence-corrected chi connectivity index (χ4v) is 5.43. The summed E-state index contributed by atoms with van der Waals surface area (Å²) in [4.78, 5) is 9.59. The number of benzene rings is 2. The van der Waals surface area contributed by atoms with Gasteiger partial charge in [0.15, 0.2) is 9.84 Å². The zero-order valence-electron chi connectivity index (χ0n) is 18.8. The lowest BCUT2D eigenvalue weighted by Crippen LogP contribution is -2.46. The van der Waals surface area contributed by atoms with Gasteiger partial charge < -0.3 is 9.80 Å². The summed E-state index contributed by atoms with van der Waals surface area (Å²) in [5.74, 6) is 0. The largest absolute Gasteiger partial charge is 0.368 e. The molecular formula is C25H27N5O2S. The number of rotatable bonds is 5. The van der Waals surface area contributed by atoms with E-state index in [2.05, 4.69) is 49.2 Å². The van der Waals surface area contributed by atoms with Crippen LogP contribution in [-0.4, -0.2) is 55.0 Å². The predicted molar refractivity (Wildman–Crippen MR) is 133 cm³/mol. The number of nitrogens with one attached hydrogen (secondary N) is 1. The Kier molecular flexibility index (Phi) is 5.54. The highest BCUT2D eigenvalue weighted by atomic mass is 32.2. The Labute approximate surface area is 194 Å². The molecule has 1 saturated heterocycles. The maximum Gasteiger partial charge on any atom is 0.180 e. The van der Waals surface area contributed by atoms with Crippen LogP contribution in [0.3, 0.4) is 0 Å². The molecule has 0 aliphatic carbocycles. The average molecular weight is 462 g/mol. The molecule has 0 amide bonds. The zero-order chi connectivity index (χ0) is 23.0. The minimum Gasteiger partial charge on any atom is -0.368 e. The van der Waals surface area contributed by atoms with E-state index in [1.165, 1.54) is 5.69 Å². The molecule has 0 atom stereocenters. The van der Waals surface area contributed by atoms with Crippen molar-refractivity contribution in [2.75, 3.05) is 36.0 Å². The van der Waals surface area contributed by atoms with E-state index in [1.807, 2.05) is 36.8 Å². The summed E-state index contributed by atoms with van der Waals surface area (Å²) in [5.41, 5.74) is 5.24. The number of nitrogens with zero attached hydrogens (tertiary/aromatic N) is 4. The molecule has 5 rings (SSSR count). The summed E-state index contributed by atoms with van der Waals surface area (Å²) >= 11 is 0. The third-order valence-electron chi connectivity index (χ3n) is 6.30. The van der Waals surface area contributed by atoms with E-state index in [-0.39, 0.29) is 0 Å². The van der Waals surface area contributed by atoms with Crippen LogP contribution in [0.4, 0.5) is 11.4 Å². The first-order chi connectivity index (χ1) is 15.9. The molecule has 0 unspecified atom stereocenters. The zero-order valence-corrected chi connectivity index (χ0v) is 19.6. The Morgan fingerprint density at radius 2 is 1.73 bits per heavy atom. The lowest BCUT2D eigenvalue weighted by molar-refractivity contribution is 0.587. The molecule has 2 aromatic heterocycles. The van der Waals surface area contributed by atoms with Crippen LogP contribution in [0.25, 0.3) is 22.0 Å². The van der Waals surface area contributed by atoms with Gasteiger partial charge >= 0.3 is 0 Å². The van der Waals surface area contributed by atoms with Crippen molar-refractivity contribution in [3.8, 4) is 11.1 Å². The van der Waals surface area contributed by atoms with Crippen LogP contribution in [0.5, 0.6) is 0 Å². The van der Waals surface area contributed by atoms with Gasteiger partial charge in [0.05, 0.1) is 21.9 Å². The molecule has 8 heteroatoms. The number of pyridine rings is 1. The summed E-state index contributed by atoms with van der Waals surface area (Å²) in [5, 5.41) is 7.63. The highest BCUT2D eigenvalue weighted by molar-refractivity contribution is 7.92. The molecule has 1 aliphatic heterocycles. The van der Waals surface area contributed by atoms with Gasteiger partial charge in [-0.25, -0.2) is 8.42 Å². The molecule has 3 heterocycles. The molecule has 1 N–H and O–H groups in total. The fraction of sp³-hybridized carbons (Fsp3) is 0.280. The lowest BCUT2D eigenvalue weighted by atomic mass is 10.0. The van der Waals surface area contributed by atoms with Gasteiger partial charge in [0.25, 0.3) is 0 Å². The molecule has 0 bridgehead atoms. The van der Waals surface area contributed by atoms with Crippen LogP contribution in [0.15, 0.2) is 72.0 Å². The predicted octanol–water partition coefficient (Wildman–Crippen LogP) is 4.13. The molecule has 4 aromatic rings. The van der Waals surface area contributed by atoms with Gasteiger partial charge in [-0.3, -0.25) is 10.1 Å². The number of hydrogen-bond donors (Lipinski definition) is 1. The van der Waals surface area contributed by atoms with Gasteiger partial charge in [0.1, 0.15) is 0 Å². The number of anilines is 2. The molecule has 7 nitrogen and oxygen atoms in total. The number of hydrogen-bond acceptors (Lipinski definition) is 6. The van der Waals surface area contributed by atoms with Gasteiger partial charge in [-0.05, 0) is 55.8 Å². The molecule has 1 aliphatic rings. The van der Waals surface area contributed by atoms with Gasteiger partial charge in [-0.15, -0.1) is 0 Å². The highest BCUT2D eigenvalue weighted by Gasteiger charge is 2.23. The van der Waals surface area contributed by atoms with Crippen LogP contribution < -0.4 is 9.80 Å². The summed E-state index contributed by atoms with van der Waals surface area (Å²) in [7, 11) is -3.29. The molecule has 0 saturated carbocycles. The van der Waals surface area contributed by atoms with Crippen LogP contribution in [0.2, 0.25) is 0 Å². The maximum absolute atomic E-state index is 12.6. The number of fused-ring (bicyclic) bond motifs is 1. The summed E-state index contributed by atoms with van der Waals surface area (Å²) < 4.78 is 25.2. The Morgan fingerprint density at radius 1 is 0.939 bits per heavy atom. The fourth-order valence-electron chi connectivity index (χ4n) is 4.33. The lowest BCUT2D eigenvalue weighted by Gasteiger charge is -2.38. The number of piperazine rings is 1. The molecule has 33 heavy (non-hydrogen) atoms. The highest BCUT2D eigenvalue weighted by Crippen LogP contribution is 2.31. The molecule has 0 radical (unpaired) electrons. The van der Waals surface area contributed by atoms with Crippen molar-refractivity contribution >= 4 is 32.1 Å². The van der Waals surface area contributed by atoms with E-state index in [0.29, 0.717) is 4.90 Å². The van der Waals surface area contributed by atoms with E-state index in [4.69, 9.17) is 0 Å². The second kappa shape index (κ2) is 8.51. The normalized spacial score (nSPS) is 14.9. The van der Waals surface area contributed by atoms with E-state index >= 15 is 0 Å². The Balaban J connectivity index is 1.38. The number of aromatic nitrogens is 3. The van der Waals surface area contributed by atoms with Crippen molar-refractivity contribution < 1.29 is 8.42 Å². The first kappa shape index (κ1) is 21.5. The van der Waals surface area contributed by atoms with Crippen molar-refractivity contribution in [1.29, 1.82) is 0 Å². The van der Waals surface area contributed by atoms with E-state index in [9.17, 15) is 8.42 Å². The smallest absolute Gasteiger partial charge is 0.180 e. The molecule has 1 fully saturated rings. The molecule has 0 spiro atoms. The third-order valence-corrected chi connectivity index (χ3v) is 8.45. The van der Waals surface area contributed by atoms with Gasteiger partial charge in [0, 0.05) is 60.9 Å². The second-order valence-electron chi connectivity index (χ2n) is 8.61. The summed E-state index contributed by atoms with van der Waals surface area (Å²) in [6.07, 6.45) is 5.58.